The quantitative estimate of drug-likeness (QED) is 0.545. The first-order valence-electron chi connectivity index (χ1n) is 9.94. The van der Waals surface area contributed by atoms with Crippen molar-refractivity contribution in [2.45, 2.75) is 57.5 Å². The molecule has 0 aliphatic heterocycles. The number of aliphatic hydroxyl groups is 1. The van der Waals surface area contributed by atoms with E-state index in [2.05, 4.69) is 26.2 Å². The summed E-state index contributed by atoms with van der Waals surface area (Å²) in [5.41, 5.74) is 3.27. The molecule has 28 heavy (non-hydrogen) atoms. The van der Waals surface area contributed by atoms with Crippen LogP contribution in [-0.4, -0.2) is 10.9 Å². The smallest absolute Gasteiger partial charge is 0.136 e. The van der Waals surface area contributed by atoms with E-state index in [0.29, 0.717) is 12.2 Å². The first kappa shape index (κ1) is 23.3. The normalized spacial score (nSPS) is 19.9. The molecule has 3 unspecified atom stereocenters. The van der Waals surface area contributed by atoms with Crippen LogP contribution in [0.3, 0.4) is 0 Å². The molecular formula is C24H29O3Y-. The van der Waals surface area contributed by atoms with Gasteiger partial charge in [0.25, 0.3) is 0 Å². The summed E-state index contributed by atoms with van der Waals surface area (Å²) in [7, 11) is 3.46. The van der Waals surface area contributed by atoms with Crippen molar-refractivity contribution >= 4 is 5.78 Å². The summed E-state index contributed by atoms with van der Waals surface area (Å²) in [5.74, 6) is 1.30. The predicted octanol–water partition coefficient (Wildman–Crippen LogP) is 5.38. The SMILES string of the molecule is [CH2-]Oc1cccc(CC2C(=O)CCC2c2ccc(C(O)CCCC)cc2)c1.[Y]. The van der Waals surface area contributed by atoms with Crippen molar-refractivity contribution in [1.29, 1.82) is 0 Å². The van der Waals surface area contributed by atoms with Gasteiger partial charge in [-0.05, 0) is 54.0 Å². The van der Waals surface area contributed by atoms with E-state index in [0.717, 1.165) is 49.0 Å². The third-order valence-electron chi connectivity index (χ3n) is 5.70. The largest absolute Gasteiger partial charge is 0.665 e. The first-order chi connectivity index (χ1) is 13.1. The van der Waals surface area contributed by atoms with Crippen molar-refractivity contribution in [2.75, 3.05) is 0 Å². The minimum absolute atomic E-state index is 0. The molecule has 2 aromatic carbocycles. The molecule has 1 saturated carbocycles. The van der Waals surface area contributed by atoms with Crippen LogP contribution in [-0.2, 0) is 43.9 Å². The maximum absolute atomic E-state index is 12.5. The fourth-order valence-electron chi connectivity index (χ4n) is 4.11. The van der Waals surface area contributed by atoms with Crippen LogP contribution in [0.15, 0.2) is 48.5 Å². The number of ketones is 1. The van der Waals surface area contributed by atoms with Gasteiger partial charge in [-0.1, -0.05) is 56.2 Å². The van der Waals surface area contributed by atoms with E-state index in [1.54, 1.807) is 0 Å². The molecule has 0 saturated heterocycles. The van der Waals surface area contributed by atoms with Crippen LogP contribution in [0.5, 0.6) is 5.75 Å². The molecule has 1 fully saturated rings. The van der Waals surface area contributed by atoms with Gasteiger partial charge in [-0.15, -0.1) is 0 Å². The zero-order chi connectivity index (χ0) is 19.2. The van der Waals surface area contributed by atoms with E-state index < -0.39 is 6.10 Å². The Kier molecular flexibility index (Phi) is 9.33. The van der Waals surface area contributed by atoms with Gasteiger partial charge >= 0.3 is 0 Å². The molecular weight excluding hydrogens is 425 g/mol. The fraction of sp³-hybridized carbons (Fsp3) is 0.417. The summed E-state index contributed by atoms with van der Waals surface area (Å²) in [6, 6.07) is 16.0. The number of hydrogen-bond donors (Lipinski definition) is 1. The molecule has 1 N–H and O–H groups in total. The van der Waals surface area contributed by atoms with E-state index in [1.165, 1.54) is 5.56 Å². The molecule has 3 atom stereocenters. The van der Waals surface area contributed by atoms with Crippen LogP contribution in [0.2, 0.25) is 0 Å². The molecule has 0 amide bonds. The molecule has 1 radical (unpaired) electrons. The molecule has 0 bridgehead atoms. The summed E-state index contributed by atoms with van der Waals surface area (Å²) in [5, 5.41) is 10.3. The number of carbonyl (C=O) groups excluding carboxylic acids is 1. The van der Waals surface area contributed by atoms with Gasteiger partial charge < -0.3 is 9.84 Å². The second kappa shape index (κ2) is 11.2. The van der Waals surface area contributed by atoms with Gasteiger partial charge in [-0.3, -0.25) is 4.79 Å². The Morgan fingerprint density at radius 1 is 1.21 bits per heavy atom. The number of unbranched alkanes of at least 4 members (excludes halogenated alkanes) is 1. The van der Waals surface area contributed by atoms with Crippen molar-refractivity contribution in [3.05, 3.63) is 72.3 Å². The Labute approximate surface area is 193 Å². The topological polar surface area (TPSA) is 46.5 Å². The standard InChI is InChI=1S/C24H29O3.Y/c1-3-4-8-23(25)19-11-9-18(10-12-19)21-13-14-24(26)22(21)16-17-6-5-7-20(15-17)27-2;/h5-7,9-12,15,21-23,25H,2-4,8,13-14,16H2,1H3;/q-1;. The molecule has 3 nitrogen and oxygen atoms in total. The Bertz CT molecular complexity index is 757. The van der Waals surface area contributed by atoms with Crippen molar-refractivity contribution in [2.24, 2.45) is 5.92 Å². The first-order valence-corrected chi connectivity index (χ1v) is 9.94. The van der Waals surface area contributed by atoms with E-state index in [4.69, 9.17) is 4.74 Å². The van der Waals surface area contributed by atoms with E-state index in [-0.39, 0.29) is 44.5 Å². The Morgan fingerprint density at radius 2 is 1.96 bits per heavy atom. The predicted molar refractivity (Wildman–Crippen MR) is 108 cm³/mol. The maximum atomic E-state index is 12.5. The van der Waals surface area contributed by atoms with Gasteiger partial charge in [0, 0.05) is 45.0 Å². The summed E-state index contributed by atoms with van der Waals surface area (Å²) < 4.78 is 5.06. The van der Waals surface area contributed by atoms with Crippen LogP contribution in [0, 0.1) is 13.0 Å². The summed E-state index contributed by atoms with van der Waals surface area (Å²) in [6.45, 7) is 2.13. The Balaban J connectivity index is 0.00000280. The average molecular weight is 454 g/mol. The maximum Gasteiger partial charge on any atom is 0.136 e. The number of ether oxygens (including phenoxy) is 1. The average Bonchev–Trinajstić information content (AvgIpc) is 3.06. The third kappa shape index (κ3) is 5.75. The molecule has 0 aromatic heterocycles. The van der Waals surface area contributed by atoms with Gasteiger partial charge in [0.05, 0.1) is 11.9 Å². The van der Waals surface area contributed by atoms with Crippen molar-refractivity contribution in [3.63, 3.8) is 0 Å². The van der Waals surface area contributed by atoms with Gasteiger partial charge in [0.15, 0.2) is 0 Å². The van der Waals surface area contributed by atoms with Crippen LogP contribution in [0.1, 0.15) is 67.7 Å². The fourth-order valence-corrected chi connectivity index (χ4v) is 4.11. The zero-order valence-electron chi connectivity index (χ0n) is 16.6. The second-order valence-corrected chi connectivity index (χ2v) is 7.54. The van der Waals surface area contributed by atoms with Gasteiger partial charge in [-0.25, -0.2) is 0 Å². The number of Topliss-reactive ketones (excluding diaryl/α,β-unsaturated/α-hetero) is 1. The van der Waals surface area contributed by atoms with Crippen molar-refractivity contribution in [1.82, 2.24) is 0 Å². The number of rotatable bonds is 8. The van der Waals surface area contributed by atoms with Crippen molar-refractivity contribution < 1.29 is 47.3 Å². The Morgan fingerprint density at radius 3 is 2.64 bits per heavy atom. The summed E-state index contributed by atoms with van der Waals surface area (Å²) in [4.78, 5) is 12.5. The third-order valence-corrected chi connectivity index (χ3v) is 5.70. The number of carbonyl (C=O) groups is 1. The second-order valence-electron chi connectivity index (χ2n) is 7.54. The van der Waals surface area contributed by atoms with E-state index in [9.17, 15) is 9.90 Å². The number of hydrogen-bond acceptors (Lipinski definition) is 3. The van der Waals surface area contributed by atoms with Gasteiger partial charge in [0.2, 0.25) is 0 Å². The van der Waals surface area contributed by atoms with Crippen LogP contribution < -0.4 is 4.74 Å². The van der Waals surface area contributed by atoms with E-state index in [1.807, 2.05) is 36.4 Å². The molecule has 147 valence electrons. The van der Waals surface area contributed by atoms with Gasteiger partial charge in [0.1, 0.15) is 5.78 Å². The summed E-state index contributed by atoms with van der Waals surface area (Å²) in [6.07, 6.45) is 4.77. The zero-order valence-corrected chi connectivity index (χ0v) is 19.5. The van der Waals surface area contributed by atoms with Crippen molar-refractivity contribution in [3.8, 4) is 5.75 Å². The van der Waals surface area contributed by atoms with Crippen LogP contribution in [0.4, 0.5) is 0 Å². The molecule has 1 aliphatic carbocycles. The number of aliphatic hydroxyl groups excluding tert-OH is 1. The van der Waals surface area contributed by atoms with Crippen LogP contribution in [0.25, 0.3) is 0 Å². The minimum atomic E-state index is -0.398. The van der Waals surface area contributed by atoms with Gasteiger partial charge in [-0.2, -0.15) is 7.11 Å². The summed E-state index contributed by atoms with van der Waals surface area (Å²) >= 11 is 0. The molecule has 3 rings (SSSR count). The molecule has 4 heteroatoms. The molecule has 2 aromatic rings. The monoisotopic (exact) mass is 454 g/mol. The molecule has 1 aliphatic rings. The molecule has 0 spiro atoms. The van der Waals surface area contributed by atoms with Crippen LogP contribution >= 0.6 is 0 Å². The molecule has 0 heterocycles. The Hall–Kier alpha value is -1.03. The van der Waals surface area contributed by atoms with E-state index >= 15 is 0 Å². The minimum Gasteiger partial charge on any atom is -0.665 e. The number of benzene rings is 2.